The highest BCUT2D eigenvalue weighted by Crippen LogP contribution is 2.47. The number of hydrogen-bond acceptors (Lipinski definition) is 4. The van der Waals surface area contributed by atoms with Gasteiger partial charge in [-0.1, -0.05) is 24.1 Å². The maximum absolute atomic E-state index is 11.6. The van der Waals surface area contributed by atoms with Crippen molar-refractivity contribution >= 4 is 11.8 Å². The van der Waals surface area contributed by atoms with Crippen LogP contribution in [0.25, 0.3) is 0 Å². The van der Waals surface area contributed by atoms with E-state index in [2.05, 4.69) is 24.6 Å². The minimum absolute atomic E-state index is 0.155. The first-order valence-corrected chi connectivity index (χ1v) is 10.5. The second-order valence-electron chi connectivity index (χ2n) is 8.22. The molecule has 5 nitrogen and oxygen atoms in total. The van der Waals surface area contributed by atoms with Gasteiger partial charge in [-0.15, -0.1) is 0 Å². The highest BCUT2D eigenvalue weighted by molar-refractivity contribution is 6.00. The first-order chi connectivity index (χ1) is 13.5. The van der Waals surface area contributed by atoms with Crippen molar-refractivity contribution in [1.29, 1.82) is 5.26 Å². The average molecular weight is 382 g/mol. The Morgan fingerprint density at radius 2 is 2.07 bits per heavy atom. The molecule has 2 N–H and O–H groups in total. The summed E-state index contributed by atoms with van der Waals surface area (Å²) >= 11 is 0. The number of carbonyl (C=O) groups excluding carboxylic acids is 1. The van der Waals surface area contributed by atoms with Gasteiger partial charge in [-0.2, -0.15) is 5.26 Å². The zero-order valence-corrected chi connectivity index (χ0v) is 16.9. The summed E-state index contributed by atoms with van der Waals surface area (Å²) in [6.45, 7) is 5.94. The van der Waals surface area contributed by atoms with Crippen molar-refractivity contribution in [2.24, 2.45) is 22.6 Å². The van der Waals surface area contributed by atoms with E-state index in [-0.39, 0.29) is 12.0 Å². The molecule has 0 spiro atoms. The molecule has 0 saturated heterocycles. The van der Waals surface area contributed by atoms with Crippen LogP contribution < -0.4 is 5.73 Å². The lowest BCUT2D eigenvalue weighted by molar-refractivity contribution is -0.120. The van der Waals surface area contributed by atoms with Crippen molar-refractivity contribution in [3.05, 3.63) is 35.1 Å². The Bertz CT molecular complexity index is 763. The predicted molar refractivity (Wildman–Crippen MR) is 110 cm³/mol. The number of nitriles is 1. The number of rotatable bonds is 6. The fourth-order valence-corrected chi connectivity index (χ4v) is 4.88. The molecule has 0 aromatic rings. The molecule has 1 amide bonds. The highest BCUT2D eigenvalue weighted by atomic mass is 16.5. The quantitative estimate of drug-likeness (QED) is 0.534. The van der Waals surface area contributed by atoms with Crippen LogP contribution in [0, 0.1) is 23.2 Å². The zero-order valence-electron chi connectivity index (χ0n) is 16.9. The van der Waals surface area contributed by atoms with Crippen molar-refractivity contribution in [3.8, 4) is 6.07 Å². The van der Waals surface area contributed by atoms with Gasteiger partial charge in [0.15, 0.2) is 0 Å². The average Bonchev–Trinajstić information content (AvgIpc) is 3.09. The zero-order chi connectivity index (χ0) is 20.1. The van der Waals surface area contributed by atoms with Gasteiger partial charge in [-0.05, 0) is 76.2 Å². The molecule has 0 aromatic heterocycles. The largest absolute Gasteiger partial charge is 0.474 e. The SMILES string of the molecule is C=CN=C(OC1CCCCC1)C1=C(C)CCC2=C1C(CC(C#N)C(N)=O)CC2. The molecule has 150 valence electrons. The molecule has 3 aliphatic rings. The maximum atomic E-state index is 11.6. The van der Waals surface area contributed by atoms with Gasteiger partial charge in [-0.25, -0.2) is 4.99 Å². The van der Waals surface area contributed by atoms with Crippen LogP contribution in [-0.4, -0.2) is 17.9 Å². The third-order valence-electron chi connectivity index (χ3n) is 6.35. The van der Waals surface area contributed by atoms with Gasteiger partial charge in [0.2, 0.25) is 11.8 Å². The molecule has 0 bridgehead atoms. The molecule has 1 fully saturated rings. The van der Waals surface area contributed by atoms with Crippen molar-refractivity contribution < 1.29 is 9.53 Å². The van der Waals surface area contributed by atoms with Crippen LogP contribution in [0.5, 0.6) is 0 Å². The Kier molecular flexibility index (Phi) is 6.72. The van der Waals surface area contributed by atoms with Crippen LogP contribution in [0.15, 0.2) is 40.1 Å². The molecule has 0 aromatic carbocycles. The van der Waals surface area contributed by atoms with Gasteiger partial charge in [-0.3, -0.25) is 4.79 Å². The van der Waals surface area contributed by atoms with Crippen LogP contribution in [0.4, 0.5) is 0 Å². The van der Waals surface area contributed by atoms with Gasteiger partial charge >= 0.3 is 0 Å². The Hall–Kier alpha value is -2.35. The summed E-state index contributed by atoms with van der Waals surface area (Å²) in [5, 5.41) is 9.34. The first-order valence-electron chi connectivity index (χ1n) is 10.5. The van der Waals surface area contributed by atoms with Crippen LogP contribution >= 0.6 is 0 Å². The van der Waals surface area contributed by atoms with E-state index in [0.29, 0.717) is 12.3 Å². The molecule has 3 rings (SSSR count). The third-order valence-corrected chi connectivity index (χ3v) is 6.35. The molecule has 1 saturated carbocycles. The Labute approximate surface area is 168 Å². The fourth-order valence-electron chi connectivity index (χ4n) is 4.88. The Balaban J connectivity index is 1.90. The summed E-state index contributed by atoms with van der Waals surface area (Å²) in [6.07, 6.45) is 12.0. The minimum atomic E-state index is -0.751. The van der Waals surface area contributed by atoms with E-state index in [4.69, 9.17) is 10.5 Å². The van der Waals surface area contributed by atoms with E-state index in [0.717, 1.165) is 44.1 Å². The summed E-state index contributed by atoms with van der Waals surface area (Å²) in [7, 11) is 0. The second-order valence-corrected chi connectivity index (χ2v) is 8.22. The molecule has 2 unspecified atom stereocenters. The minimum Gasteiger partial charge on any atom is -0.474 e. The lowest BCUT2D eigenvalue weighted by Gasteiger charge is -2.29. The number of ether oxygens (including phenoxy) is 1. The van der Waals surface area contributed by atoms with Crippen LogP contribution in [-0.2, 0) is 9.53 Å². The normalized spacial score (nSPS) is 24.6. The molecule has 2 atom stereocenters. The molecule has 5 heteroatoms. The Morgan fingerprint density at radius 3 is 2.71 bits per heavy atom. The lowest BCUT2D eigenvalue weighted by atomic mass is 9.80. The van der Waals surface area contributed by atoms with Crippen molar-refractivity contribution in [3.63, 3.8) is 0 Å². The molecule has 28 heavy (non-hydrogen) atoms. The highest BCUT2D eigenvalue weighted by Gasteiger charge is 2.36. The number of nitrogens with zero attached hydrogens (tertiary/aromatic N) is 2. The maximum Gasteiger partial charge on any atom is 0.234 e. The fraction of sp³-hybridized carbons (Fsp3) is 0.609. The van der Waals surface area contributed by atoms with E-state index < -0.39 is 11.8 Å². The number of amides is 1. The molecular weight excluding hydrogens is 350 g/mol. The van der Waals surface area contributed by atoms with Crippen LogP contribution in [0.2, 0.25) is 0 Å². The molecule has 0 heterocycles. The third kappa shape index (κ3) is 4.38. The van der Waals surface area contributed by atoms with Crippen molar-refractivity contribution in [1.82, 2.24) is 0 Å². The number of aliphatic imine (C=N–C) groups is 1. The van der Waals surface area contributed by atoms with E-state index in [1.807, 2.05) is 0 Å². The summed E-state index contributed by atoms with van der Waals surface area (Å²) in [5.41, 5.74) is 10.5. The topological polar surface area (TPSA) is 88.5 Å². The van der Waals surface area contributed by atoms with E-state index >= 15 is 0 Å². The number of carbonyl (C=O) groups is 1. The standard InChI is InChI=1S/C23H31N3O2/c1-3-26-23(28-19-7-5-4-6-8-19)20-15(2)9-10-16-11-12-17(21(16)20)13-18(14-24)22(25)27/h3,17-19H,1,4-13H2,2H3,(H2,25,27). The summed E-state index contributed by atoms with van der Waals surface area (Å²) < 4.78 is 6.41. The van der Waals surface area contributed by atoms with Gasteiger partial charge < -0.3 is 10.5 Å². The van der Waals surface area contributed by atoms with Gasteiger partial charge in [0, 0.05) is 11.8 Å². The molecular formula is C23H31N3O2. The summed E-state index contributed by atoms with van der Waals surface area (Å²) in [6, 6.07) is 2.08. The number of hydrogen-bond donors (Lipinski definition) is 1. The molecule has 0 aliphatic heterocycles. The van der Waals surface area contributed by atoms with Gasteiger partial charge in [0.1, 0.15) is 12.0 Å². The first kappa shape index (κ1) is 20.4. The number of primary amides is 1. The van der Waals surface area contributed by atoms with Crippen molar-refractivity contribution in [2.45, 2.75) is 77.2 Å². The molecule has 3 aliphatic carbocycles. The lowest BCUT2D eigenvalue weighted by Crippen LogP contribution is -2.27. The number of nitrogens with two attached hydrogens (primary N) is 1. The van der Waals surface area contributed by atoms with Crippen LogP contribution in [0.3, 0.4) is 0 Å². The molecule has 0 radical (unpaired) electrons. The smallest absolute Gasteiger partial charge is 0.234 e. The van der Waals surface area contributed by atoms with Gasteiger partial charge in [0.05, 0.1) is 6.07 Å². The van der Waals surface area contributed by atoms with Crippen LogP contribution in [0.1, 0.15) is 71.1 Å². The number of allylic oxidation sites excluding steroid dienone is 2. The monoisotopic (exact) mass is 381 g/mol. The van der Waals surface area contributed by atoms with E-state index in [1.165, 1.54) is 36.0 Å². The predicted octanol–water partition coefficient (Wildman–Crippen LogP) is 4.71. The van der Waals surface area contributed by atoms with Gasteiger partial charge in [0.25, 0.3) is 0 Å². The summed E-state index contributed by atoms with van der Waals surface area (Å²) in [5.74, 6) is -0.458. The van der Waals surface area contributed by atoms with Crippen molar-refractivity contribution in [2.75, 3.05) is 0 Å². The van der Waals surface area contributed by atoms with E-state index in [1.54, 1.807) is 6.20 Å². The second kappa shape index (κ2) is 9.23. The Morgan fingerprint density at radius 1 is 1.32 bits per heavy atom. The summed E-state index contributed by atoms with van der Waals surface area (Å²) in [4.78, 5) is 16.2. The van der Waals surface area contributed by atoms with E-state index in [9.17, 15) is 10.1 Å².